The highest BCUT2D eigenvalue weighted by atomic mass is 32.2. The minimum absolute atomic E-state index is 0.0594. The highest BCUT2D eigenvalue weighted by molar-refractivity contribution is 8.00. The van der Waals surface area contributed by atoms with Crippen LogP contribution in [0.15, 0.2) is 47.5 Å². The Morgan fingerprint density at radius 2 is 1.85 bits per heavy atom. The fraction of sp³-hybridized carbons (Fsp3) is 0.520. The Morgan fingerprint density at radius 1 is 1.15 bits per heavy atom. The lowest BCUT2D eigenvalue weighted by Gasteiger charge is -2.29. The number of nitrogens with zero attached hydrogens (tertiary/aromatic N) is 3. The van der Waals surface area contributed by atoms with Gasteiger partial charge in [-0.05, 0) is 80.4 Å². The summed E-state index contributed by atoms with van der Waals surface area (Å²) in [6.45, 7) is 6.42. The van der Waals surface area contributed by atoms with E-state index in [1.165, 1.54) is 18.6 Å². The molecular weight excluding hydrogens is 461 g/mol. The molecule has 0 unspecified atom stereocenters. The van der Waals surface area contributed by atoms with Crippen LogP contribution in [0.1, 0.15) is 51.5 Å². The number of halogens is 3. The molecular formula is C25H31F3N4OS. The van der Waals surface area contributed by atoms with E-state index in [4.69, 9.17) is 0 Å². The second-order valence-electron chi connectivity index (χ2n) is 9.76. The van der Waals surface area contributed by atoms with Crippen LogP contribution in [-0.2, 0) is 11.3 Å². The van der Waals surface area contributed by atoms with Gasteiger partial charge in [-0.15, -0.1) is 0 Å². The van der Waals surface area contributed by atoms with Gasteiger partial charge in [-0.25, -0.2) is 4.98 Å². The van der Waals surface area contributed by atoms with Crippen molar-refractivity contribution in [1.82, 2.24) is 9.88 Å². The molecule has 1 aromatic carbocycles. The molecule has 2 fully saturated rings. The van der Waals surface area contributed by atoms with Crippen LogP contribution in [0, 0.1) is 5.92 Å². The number of benzene rings is 1. The third-order valence-electron chi connectivity index (χ3n) is 6.64. The summed E-state index contributed by atoms with van der Waals surface area (Å²) in [6.07, 6.45) is 7.03. The summed E-state index contributed by atoms with van der Waals surface area (Å²) >= 11 is -0.0963. The fourth-order valence-electron chi connectivity index (χ4n) is 4.76. The van der Waals surface area contributed by atoms with Crippen LogP contribution in [0.4, 0.5) is 24.7 Å². The van der Waals surface area contributed by atoms with E-state index < -0.39 is 5.51 Å². The summed E-state index contributed by atoms with van der Waals surface area (Å²) in [4.78, 5) is 21.6. The minimum Gasteiger partial charge on any atom is -0.357 e. The van der Waals surface area contributed by atoms with Crippen molar-refractivity contribution in [3.63, 3.8) is 0 Å². The van der Waals surface area contributed by atoms with Crippen molar-refractivity contribution >= 4 is 29.2 Å². The molecule has 4 rings (SSSR count). The van der Waals surface area contributed by atoms with Gasteiger partial charge in [-0.3, -0.25) is 9.69 Å². The van der Waals surface area contributed by atoms with Gasteiger partial charge in [0.05, 0.1) is 6.67 Å². The fourth-order valence-corrected chi connectivity index (χ4v) is 5.30. The molecule has 1 aliphatic heterocycles. The first-order valence-electron chi connectivity index (χ1n) is 11.7. The van der Waals surface area contributed by atoms with Crippen molar-refractivity contribution < 1.29 is 18.0 Å². The van der Waals surface area contributed by atoms with Gasteiger partial charge in [0.2, 0.25) is 5.91 Å². The number of aromatic nitrogens is 1. The Balaban J connectivity index is 1.39. The van der Waals surface area contributed by atoms with Crippen molar-refractivity contribution in [2.45, 2.75) is 68.4 Å². The second-order valence-corrected chi connectivity index (χ2v) is 10.9. The number of pyridine rings is 1. The molecule has 9 heteroatoms. The third-order valence-corrected chi connectivity index (χ3v) is 7.38. The predicted molar refractivity (Wildman–Crippen MR) is 130 cm³/mol. The van der Waals surface area contributed by atoms with Gasteiger partial charge in [0.25, 0.3) is 0 Å². The first-order chi connectivity index (χ1) is 16.1. The number of thioether (sulfide) groups is 1. The molecule has 1 N–H and O–H groups in total. The van der Waals surface area contributed by atoms with E-state index in [9.17, 15) is 18.0 Å². The second kappa shape index (κ2) is 10.2. The topological polar surface area (TPSA) is 48.5 Å². The zero-order chi connectivity index (χ0) is 24.3. The molecule has 1 saturated heterocycles. The van der Waals surface area contributed by atoms with E-state index in [-0.39, 0.29) is 34.0 Å². The van der Waals surface area contributed by atoms with E-state index >= 15 is 0 Å². The largest absolute Gasteiger partial charge is 0.446 e. The summed E-state index contributed by atoms with van der Waals surface area (Å²) in [5.41, 5.74) is -2.46. The molecule has 2 aromatic rings. The third kappa shape index (κ3) is 6.44. The average molecular weight is 493 g/mol. The molecule has 2 heterocycles. The van der Waals surface area contributed by atoms with E-state index in [0.717, 1.165) is 43.5 Å². The predicted octanol–water partition coefficient (Wildman–Crippen LogP) is 6.27. The lowest BCUT2D eigenvalue weighted by Crippen LogP contribution is -2.39. The molecule has 5 nitrogen and oxygen atoms in total. The molecule has 0 spiro atoms. The summed E-state index contributed by atoms with van der Waals surface area (Å²) in [7, 11) is 0. The maximum absolute atomic E-state index is 12.6. The standard InChI is InChI=1S/C25H31F3N4OS/c1-24(2)16-31(20-8-10-21(11-9-20)34-25(26,27)28)17-32(24)15-18-12-13-29-22(14-18)30-23(33)19-6-4-3-5-7-19/h8-14,19H,3-7,15-17H2,1-2H3,(H,29,30,33). The van der Waals surface area contributed by atoms with E-state index in [1.54, 1.807) is 18.3 Å². The summed E-state index contributed by atoms with van der Waals surface area (Å²) in [6, 6.07) is 10.4. The smallest absolute Gasteiger partial charge is 0.357 e. The van der Waals surface area contributed by atoms with Crippen molar-refractivity contribution in [3.8, 4) is 0 Å². The van der Waals surface area contributed by atoms with Crippen LogP contribution >= 0.6 is 11.8 Å². The van der Waals surface area contributed by atoms with E-state index in [2.05, 4.69) is 33.9 Å². The molecule has 1 aliphatic carbocycles. The van der Waals surface area contributed by atoms with Crippen molar-refractivity contribution in [2.24, 2.45) is 5.92 Å². The summed E-state index contributed by atoms with van der Waals surface area (Å²) in [5.74, 6) is 0.718. The van der Waals surface area contributed by atoms with Gasteiger partial charge in [0.1, 0.15) is 5.82 Å². The summed E-state index contributed by atoms with van der Waals surface area (Å²) in [5, 5.41) is 2.99. The number of alkyl halides is 3. The van der Waals surface area contributed by atoms with Crippen LogP contribution < -0.4 is 10.2 Å². The summed E-state index contributed by atoms with van der Waals surface area (Å²) < 4.78 is 37.8. The average Bonchev–Trinajstić information content (AvgIpc) is 3.08. The highest BCUT2D eigenvalue weighted by Gasteiger charge is 2.37. The Kier molecular flexibility index (Phi) is 7.42. The Morgan fingerprint density at radius 3 is 2.53 bits per heavy atom. The highest BCUT2D eigenvalue weighted by Crippen LogP contribution is 2.38. The number of hydrogen-bond acceptors (Lipinski definition) is 5. The van der Waals surface area contributed by atoms with Gasteiger partial charge in [-0.1, -0.05) is 19.3 Å². The van der Waals surface area contributed by atoms with E-state index in [1.807, 2.05) is 12.1 Å². The molecule has 1 aromatic heterocycles. The molecule has 1 amide bonds. The Labute approximate surface area is 203 Å². The minimum atomic E-state index is -4.28. The van der Waals surface area contributed by atoms with Crippen molar-refractivity contribution in [3.05, 3.63) is 48.2 Å². The maximum atomic E-state index is 12.6. The first-order valence-corrected chi connectivity index (χ1v) is 12.5. The number of carbonyl (C=O) groups excluding carboxylic acids is 1. The lowest BCUT2D eigenvalue weighted by atomic mass is 9.89. The maximum Gasteiger partial charge on any atom is 0.446 e. The monoisotopic (exact) mass is 492 g/mol. The SMILES string of the molecule is CC1(C)CN(c2ccc(SC(F)(F)F)cc2)CN1Cc1ccnc(NC(=O)C2CCCCC2)c1. The molecule has 1 saturated carbocycles. The lowest BCUT2D eigenvalue weighted by molar-refractivity contribution is -0.120. The Bertz CT molecular complexity index is 990. The van der Waals surface area contributed by atoms with Gasteiger partial charge in [-0.2, -0.15) is 13.2 Å². The molecule has 34 heavy (non-hydrogen) atoms. The molecule has 0 radical (unpaired) electrons. The van der Waals surface area contributed by atoms with Crippen LogP contribution in [0.2, 0.25) is 0 Å². The molecule has 2 aliphatic rings. The number of rotatable bonds is 6. The van der Waals surface area contributed by atoms with Crippen LogP contribution in [0.25, 0.3) is 0 Å². The normalized spacial score (nSPS) is 19.4. The first kappa shape index (κ1) is 24.9. The number of amides is 1. The Hall–Kier alpha value is -2.26. The van der Waals surface area contributed by atoms with Crippen molar-refractivity contribution in [2.75, 3.05) is 23.4 Å². The molecule has 184 valence electrons. The van der Waals surface area contributed by atoms with Crippen LogP contribution in [0.3, 0.4) is 0 Å². The van der Waals surface area contributed by atoms with Gasteiger partial charge in [0, 0.05) is 41.3 Å². The zero-order valence-electron chi connectivity index (χ0n) is 19.6. The van der Waals surface area contributed by atoms with Gasteiger partial charge < -0.3 is 10.2 Å². The number of anilines is 2. The molecule has 0 bridgehead atoms. The van der Waals surface area contributed by atoms with Crippen LogP contribution in [0.5, 0.6) is 0 Å². The number of carbonyl (C=O) groups is 1. The zero-order valence-corrected chi connectivity index (χ0v) is 20.4. The quantitative estimate of drug-likeness (QED) is 0.482. The van der Waals surface area contributed by atoms with Crippen LogP contribution in [-0.4, -0.2) is 40.1 Å². The number of nitrogens with one attached hydrogen (secondary N) is 1. The molecule has 0 atom stereocenters. The van der Waals surface area contributed by atoms with Crippen molar-refractivity contribution in [1.29, 1.82) is 0 Å². The number of hydrogen-bond donors (Lipinski definition) is 1. The van der Waals surface area contributed by atoms with E-state index in [0.29, 0.717) is 19.0 Å². The van der Waals surface area contributed by atoms with Gasteiger partial charge in [0.15, 0.2) is 0 Å². The van der Waals surface area contributed by atoms with Gasteiger partial charge >= 0.3 is 5.51 Å².